The Bertz CT molecular complexity index is 11.6. The molecule has 0 aromatic carbocycles. The van der Waals surface area contributed by atoms with Gasteiger partial charge in [-0.3, -0.25) is 0 Å². The van der Waals surface area contributed by atoms with Gasteiger partial charge >= 0.3 is 23.9 Å². The van der Waals surface area contributed by atoms with Crippen molar-refractivity contribution in [2.24, 2.45) is 0 Å². The van der Waals surface area contributed by atoms with Gasteiger partial charge in [0.1, 0.15) is 0 Å². The standard InChI is InChI=1S/CH4.Al.H4Si.Sn.Ti.5H/h1H4;;1H4;;;;;;;. The van der Waals surface area contributed by atoms with Crippen molar-refractivity contribution in [3.8, 4) is 0 Å². The van der Waals surface area contributed by atoms with Gasteiger partial charge in [0, 0.05) is 21.7 Å². The molecule has 0 heterocycles. The molecule has 0 amide bonds. The van der Waals surface area contributed by atoms with Gasteiger partial charge in [0.05, 0.1) is 0 Å². The van der Waals surface area contributed by atoms with E-state index < -0.39 is 0 Å². The van der Waals surface area contributed by atoms with Crippen LogP contribution in [0.15, 0.2) is 0 Å². The summed E-state index contributed by atoms with van der Waals surface area (Å²) in [5.74, 6) is 0. The van der Waals surface area contributed by atoms with E-state index in [9.17, 15) is 0 Å². The van der Waals surface area contributed by atoms with E-state index >= 15 is 0 Å². The summed E-state index contributed by atoms with van der Waals surface area (Å²) in [6.45, 7) is 0. The Morgan fingerprint density at radius 1 is 1.00 bits per heavy atom. The van der Waals surface area contributed by atoms with Crippen molar-refractivity contribution in [3.63, 3.8) is 0 Å². The molecule has 4 heteroatoms. The maximum absolute atomic E-state index is 0. The molecule has 0 N–H and O–H groups in total. The molecule has 0 spiro atoms. The van der Waals surface area contributed by atoms with Crippen molar-refractivity contribution in [2.45, 2.75) is 7.43 Å². The third kappa shape index (κ3) is 22.2. The zero-order chi connectivity index (χ0) is 0. The Morgan fingerprint density at radius 2 is 1.00 bits per heavy atom. The van der Waals surface area contributed by atoms with Gasteiger partial charge in [-0.1, -0.05) is 7.43 Å². The zero-order valence-corrected chi connectivity index (χ0v) is 6.80. The van der Waals surface area contributed by atoms with E-state index in [-0.39, 0.29) is 81.4 Å². The molecule has 0 rings (SSSR count). The molecule has 0 fully saturated rings. The molecule has 2 radical (unpaired) electrons. The van der Waals surface area contributed by atoms with Crippen LogP contribution in [0.2, 0.25) is 0 Å². The van der Waals surface area contributed by atoms with E-state index in [1.54, 1.807) is 0 Å². The Balaban J connectivity index is 0. The molecular formula is CH13AlSiSnTi. The van der Waals surface area contributed by atoms with Crippen LogP contribution in [0.3, 0.4) is 0 Å². The van der Waals surface area contributed by atoms with Gasteiger partial charge in [0.2, 0.25) is 0 Å². The van der Waals surface area contributed by atoms with Crippen molar-refractivity contribution in [3.05, 3.63) is 0 Å². The first kappa shape index (κ1) is 55.6. The zero-order valence-electron chi connectivity index (χ0n) is 1.21. The predicted octanol–water partition coefficient (Wildman–Crippen LogP) is -2.92. The number of hydrogen-bond donors (Lipinski definition) is 0. The smallest absolute Gasteiger partial charge is 0 e. The topological polar surface area (TPSA) is 0 Å². The van der Waals surface area contributed by atoms with Gasteiger partial charge in [-0.2, -0.15) is 0 Å². The van der Waals surface area contributed by atoms with Gasteiger partial charge in [-0.15, -0.1) is 0 Å². The van der Waals surface area contributed by atoms with Crippen LogP contribution in [0, 0.1) is 0 Å². The molecule has 0 aliphatic rings. The van der Waals surface area contributed by atoms with Gasteiger partial charge in [0.15, 0.2) is 17.4 Å². The van der Waals surface area contributed by atoms with Crippen LogP contribution in [-0.2, 0) is 21.7 Å². The molecule has 5 heavy (non-hydrogen) atoms. The molecular weight excluding hydrogens is 234 g/mol. The average molecular weight is 247 g/mol. The summed E-state index contributed by atoms with van der Waals surface area (Å²) in [4.78, 5) is 0. The minimum absolute atomic E-state index is 0. The molecule has 0 unspecified atom stereocenters. The molecule has 0 atom stereocenters. The second-order valence-corrected chi connectivity index (χ2v) is 0. The van der Waals surface area contributed by atoms with E-state index in [0.29, 0.717) is 0 Å². The molecule has 0 nitrogen and oxygen atoms in total. The first-order valence-corrected chi connectivity index (χ1v) is 0. The van der Waals surface area contributed by atoms with E-state index in [0.717, 1.165) is 0 Å². The molecule has 0 aliphatic carbocycles. The maximum atomic E-state index is 0. The van der Waals surface area contributed by atoms with E-state index in [1.807, 2.05) is 0 Å². The summed E-state index contributed by atoms with van der Waals surface area (Å²) < 4.78 is 0. The van der Waals surface area contributed by atoms with Crippen LogP contribution in [0.5, 0.6) is 0 Å². The Labute approximate surface area is 80.5 Å². The molecule has 0 aromatic rings. The molecule has 0 saturated heterocycles. The fourth-order valence-corrected chi connectivity index (χ4v) is 0. The van der Waals surface area contributed by atoms with Crippen molar-refractivity contribution < 1.29 is 21.7 Å². The van der Waals surface area contributed by atoms with Crippen LogP contribution in [0.4, 0.5) is 0 Å². The quantitative estimate of drug-likeness (QED) is 0.402. The SMILES string of the molecule is C.[AlH3].[SiH4].[SnH2].[Ti]. The summed E-state index contributed by atoms with van der Waals surface area (Å²) in [7, 11) is 0. The number of hydrogen-bond acceptors (Lipinski definition) is 0. The van der Waals surface area contributed by atoms with E-state index in [1.165, 1.54) is 0 Å². The normalized spacial score (nSPS) is 0. The van der Waals surface area contributed by atoms with Crippen LogP contribution in [0.1, 0.15) is 7.43 Å². The summed E-state index contributed by atoms with van der Waals surface area (Å²) >= 11 is 0. The summed E-state index contributed by atoms with van der Waals surface area (Å²) in [5.41, 5.74) is 0. The van der Waals surface area contributed by atoms with E-state index in [2.05, 4.69) is 0 Å². The van der Waals surface area contributed by atoms with Gasteiger partial charge < -0.3 is 0 Å². The summed E-state index contributed by atoms with van der Waals surface area (Å²) in [6, 6.07) is 0. The van der Waals surface area contributed by atoms with Gasteiger partial charge in [0.25, 0.3) is 0 Å². The Hall–Kier alpha value is 2.26. The van der Waals surface area contributed by atoms with Crippen LogP contribution in [-0.4, -0.2) is 52.2 Å². The molecule has 0 bridgehead atoms. The molecule has 32 valence electrons. The predicted molar refractivity (Wildman–Crippen MR) is 36.5 cm³/mol. The number of rotatable bonds is 0. The Kier molecular flexibility index (Phi) is 377. The first-order chi connectivity index (χ1) is 0. The third-order valence-corrected chi connectivity index (χ3v) is 0. The molecule has 0 aromatic heterocycles. The van der Waals surface area contributed by atoms with Crippen molar-refractivity contribution in [2.75, 3.05) is 0 Å². The fraction of sp³-hybridized carbons (Fsp3) is 1.00. The van der Waals surface area contributed by atoms with Gasteiger partial charge in [-0.25, -0.2) is 0 Å². The monoisotopic (exact) mass is 248 g/mol. The minimum atomic E-state index is 0. The summed E-state index contributed by atoms with van der Waals surface area (Å²) in [5, 5.41) is 0. The van der Waals surface area contributed by atoms with E-state index in [4.69, 9.17) is 0 Å². The molecule has 0 aliphatic heterocycles. The second-order valence-electron chi connectivity index (χ2n) is 0. The van der Waals surface area contributed by atoms with Crippen LogP contribution in [0.25, 0.3) is 0 Å². The van der Waals surface area contributed by atoms with Crippen molar-refractivity contribution >= 4 is 52.2 Å². The average Bonchev–Trinajstić information content (AvgIpc) is 0. The second kappa shape index (κ2) is 33.9. The molecule has 0 saturated carbocycles. The van der Waals surface area contributed by atoms with Crippen LogP contribution < -0.4 is 0 Å². The van der Waals surface area contributed by atoms with Crippen molar-refractivity contribution in [1.29, 1.82) is 0 Å². The maximum Gasteiger partial charge on any atom is 0 e. The third-order valence-electron chi connectivity index (χ3n) is 0. The Morgan fingerprint density at radius 3 is 1.00 bits per heavy atom. The first-order valence-electron chi connectivity index (χ1n) is 0. The minimum Gasteiger partial charge on any atom is 0 e. The van der Waals surface area contributed by atoms with Gasteiger partial charge in [-0.05, 0) is 11.0 Å². The van der Waals surface area contributed by atoms with Crippen LogP contribution >= 0.6 is 0 Å². The summed E-state index contributed by atoms with van der Waals surface area (Å²) in [6.07, 6.45) is 0. The fourth-order valence-electron chi connectivity index (χ4n) is 0. The largest absolute Gasteiger partial charge is 0 e. The van der Waals surface area contributed by atoms with Crippen molar-refractivity contribution in [1.82, 2.24) is 0 Å².